The van der Waals surface area contributed by atoms with Crippen LogP contribution in [0.3, 0.4) is 0 Å². The van der Waals surface area contributed by atoms with E-state index in [9.17, 15) is 23.1 Å². The summed E-state index contributed by atoms with van der Waals surface area (Å²) in [6, 6.07) is 7.84. The van der Waals surface area contributed by atoms with Crippen LogP contribution in [0.1, 0.15) is 12.0 Å². The average Bonchev–Trinajstić information content (AvgIpc) is 2.78. The minimum atomic E-state index is -3.37. The van der Waals surface area contributed by atoms with Gasteiger partial charge in [0, 0.05) is 13.0 Å². The van der Waals surface area contributed by atoms with E-state index in [1.807, 2.05) is 6.07 Å². The van der Waals surface area contributed by atoms with Crippen molar-refractivity contribution in [2.45, 2.75) is 18.9 Å². The van der Waals surface area contributed by atoms with E-state index >= 15 is 0 Å². The standard InChI is InChI=1S/C14H18N2O5S/c17-13(10-16-7-4-8-22(16,20)21)15-12(14(18)19)9-11-5-2-1-3-6-11/h1-3,5-6,12H,4,7-10H2,(H,15,17)(H,18,19)/t12-/m0/s1. The lowest BCUT2D eigenvalue weighted by Crippen LogP contribution is -2.46. The summed E-state index contributed by atoms with van der Waals surface area (Å²) in [7, 11) is -3.37. The van der Waals surface area contributed by atoms with Crippen LogP contribution in [0.15, 0.2) is 30.3 Å². The first kappa shape index (κ1) is 16.4. The van der Waals surface area contributed by atoms with E-state index in [1.165, 1.54) is 0 Å². The second-order valence-corrected chi connectivity index (χ2v) is 7.24. The molecule has 1 amide bonds. The molecule has 2 N–H and O–H groups in total. The Kier molecular flexibility index (Phi) is 5.15. The van der Waals surface area contributed by atoms with Crippen LogP contribution in [0.25, 0.3) is 0 Å². The van der Waals surface area contributed by atoms with Gasteiger partial charge in [0.25, 0.3) is 0 Å². The van der Waals surface area contributed by atoms with E-state index in [-0.39, 0.29) is 18.7 Å². The number of nitrogens with one attached hydrogen (secondary N) is 1. The van der Waals surface area contributed by atoms with E-state index in [0.29, 0.717) is 13.0 Å². The van der Waals surface area contributed by atoms with E-state index < -0.39 is 27.9 Å². The van der Waals surface area contributed by atoms with Gasteiger partial charge in [0.05, 0.1) is 12.3 Å². The molecule has 1 aromatic rings. The van der Waals surface area contributed by atoms with Crippen molar-refractivity contribution in [2.24, 2.45) is 0 Å². The van der Waals surface area contributed by atoms with E-state index in [0.717, 1.165) is 9.87 Å². The van der Waals surface area contributed by atoms with Crippen molar-refractivity contribution in [3.05, 3.63) is 35.9 Å². The number of nitrogens with zero attached hydrogens (tertiary/aromatic N) is 1. The van der Waals surface area contributed by atoms with Crippen LogP contribution < -0.4 is 5.32 Å². The first-order chi connectivity index (χ1) is 10.4. The number of hydrogen-bond donors (Lipinski definition) is 2. The van der Waals surface area contributed by atoms with Crippen molar-refractivity contribution in [2.75, 3.05) is 18.8 Å². The van der Waals surface area contributed by atoms with Gasteiger partial charge in [-0.05, 0) is 12.0 Å². The summed E-state index contributed by atoms with van der Waals surface area (Å²) in [6.45, 7) is -0.0346. The second kappa shape index (κ2) is 6.89. The SMILES string of the molecule is O=C(CN1CCCS1(=O)=O)N[C@@H](Cc1ccccc1)C(=O)O. The molecule has 1 aromatic carbocycles. The van der Waals surface area contributed by atoms with Gasteiger partial charge >= 0.3 is 5.97 Å². The normalized spacial score (nSPS) is 18.7. The van der Waals surface area contributed by atoms with Gasteiger partial charge < -0.3 is 10.4 Å². The number of carbonyl (C=O) groups excluding carboxylic acids is 1. The molecule has 8 heteroatoms. The summed E-state index contributed by atoms with van der Waals surface area (Å²) < 4.78 is 24.4. The van der Waals surface area contributed by atoms with Crippen molar-refractivity contribution < 1.29 is 23.1 Å². The molecule has 0 spiro atoms. The molecular weight excluding hydrogens is 308 g/mol. The van der Waals surface area contributed by atoms with Crippen LogP contribution in [0.2, 0.25) is 0 Å². The van der Waals surface area contributed by atoms with Crippen LogP contribution in [0, 0.1) is 0 Å². The summed E-state index contributed by atoms with van der Waals surface area (Å²) in [6.07, 6.45) is 0.636. The lowest BCUT2D eigenvalue weighted by atomic mass is 10.1. The fourth-order valence-corrected chi connectivity index (χ4v) is 3.79. The minimum Gasteiger partial charge on any atom is -0.480 e. The molecule has 0 aliphatic carbocycles. The fourth-order valence-electron chi connectivity index (χ4n) is 2.32. The minimum absolute atomic E-state index is 0.0344. The van der Waals surface area contributed by atoms with Crippen molar-refractivity contribution >= 4 is 21.9 Å². The van der Waals surface area contributed by atoms with Gasteiger partial charge in [-0.1, -0.05) is 30.3 Å². The molecule has 22 heavy (non-hydrogen) atoms. The number of carbonyl (C=O) groups is 2. The zero-order valence-electron chi connectivity index (χ0n) is 11.9. The third-order valence-electron chi connectivity index (χ3n) is 3.44. The Hall–Kier alpha value is -1.93. The van der Waals surface area contributed by atoms with Gasteiger partial charge in [-0.3, -0.25) is 4.79 Å². The molecular formula is C14H18N2O5S. The van der Waals surface area contributed by atoms with Crippen molar-refractivity contribution in [1.29, 1.82) is 0 Å². The molecule has 1 heterocycles. The number of carboxylic acids is 1. The monoisotopic (exact) mass is 326 g/mol. The highest BCUT2D eigenvalue weighted by Gasteiger charge is 2.31. The molecule has 1 saturated heterocycles. The maximum Gasteiger partial charge on any atom is 0.326 e. The number of carboxylic acid groups (broad SMARTS) is 1. The highest BCUT2D eigenvalue weighted by atomic mass is 32.2. The molecule has 1 fully saturated rings. The van der Waals surface area contributed by atoms with Gasteiger partial charge in [0.15, 0.2) is 0 Å². The molecule has 1 aliphatic rings. The summed E-state index contributed by atoms with van der Waals surface area (Å²) in [5, 5.41) is 11.6. The Morgan fingerprint density at radius 3 is 2.50 bits per heavy atom. The molecule has 7 nitrogen and oxygen atoms in total. The van der Waals surface area contributed by atoms with Crippen LogP contribution >= 0.6 is 0 Å². The Morgan fingerprint density at radius 2 is 1.95 bits per heavy atom. The van der Waals surface area contributed by atoms with E-state index in [2.05, 4.69) is 5.32 Å². The molecule has 0 radical (unpaired) electrons. The number of hydrogen-bond acceptors (Lipinski definition) is 4. The highest BCUT2D eigenvalue weighted by Crippen LogP contribution is 2.12. The van der Waals surface area contributed by atoms with Crippen LogP contribution in [0.4, 0.5) is 0 Å². The third-order valence-corrected chi connectivity index (χ3v) is 5.34. The highest BCUT2D eigenvalue weighted by molar-refractivity contribution is 7.89. The van der Waals surface area contributed by atoms with Gasteiger partial charge in [0.1, 0.15) is 6.04 Å². The lowest BCUT2D eigenvalue weighted by Gasteiger charge is -2.18. The number of rotatable bonds is 6. The molecule has 0 saturated carbocycles. The Bertz CT molecular complexity index is 644. The maximum absolute atomic E-state index is 11.9. The van der Waals surface area contributed by atoms with Crippen molar-refractivity contribution in [3.63, 3.8) is 0 Å². The Labute approximate surface area is 129 Å². The largest absolute Gasteiger partial charge is 0.480 e. The van der Waals surface area contributed by atoms with Crippen molar-refractivity contribution in [3.8, 4) is 0 Å². The van der Waals surface area contributed by atoms with Crippen LogP contribution in [-0.4, -0.2) is 54.6 Å². The maximum atomic E-state index is 11.9. The first-order valence-electron chi connectivity index (χ1n) is 6.92. The lowest BCUT2D eigenvalue weighted by molar-refractivity contribution is -0.141. The molecule has 1 aliphatic heterocycles. The Balaban J connectivity index is 1.96. The van der Waals surface area contributed by atoms with Gasteiger partial charge in [0.2, 0.25) is 15.9 Å². The van der Waals surface area contributed by atoms with Gasteiger partial charge in [-0.2, -0.15) is 4.31 Å². The average molecular weight is 326 g/mol. The smallest absolute Gasteiger partial charge is 0.326 e. The summed E-state index contributed by atoms with van der Waals surface area (Å²) in [4.78, 5) is 23.2. The molecule has 2 rings (SSSR count). The predicted octanol–water partition coefficient (Wildman–Crippen LogP) is -0.166. The predicted molar refractivity (Wildman–Crippen MR) is 79.7 cm³/mol. The quantitative estimate of drug-likeness (QED) is 0.755. The number of aliphatic carboxylic acids is 1. The number of benzene rings is 1. The van der Waals surface area contributed by atoms with Crippen LogP contribution in [0.5, 0.6) is 0 Å². The Morgan fingerprint density at radius 1 is 1.27 bits per heavy atom. The van der Waals surface area contributed by atoms with Gasteiger partial charge in [-0.25, -0.2) is 13.2 Å². The number of amides is 1. The fraction of sp³-hybridized carbons (Fsp3) is 0.429. The molecule has 0 bridgehead atoms. The zero-order chi connectivity index (χ0) is 16.2. The van der Waals surface area contributed by atoms with E-state index in [4.69, 9.17) is 0 Å². The van der Waals surface area contributed by atoms with Gasteiger partial charge in [-0.15, -0.1) is 0 Å². The molecule has 0 unspecified atom stereocenters. The molecule has 1 atom stereocenters. The summed E-state index contributed by atoms with van der Waals surface area (Å²) in [5.74, 6) is -1.72. The third kappa shape index (κ3) is 4.28. The molecule has 0 aromatic heterocycles. The number of sulfonamides is 1. The molecule has 120 valence electrons. The van der Waals surface area contributed by atoms with E-state index in [1.54, 1.807) is 24.3 Å². The topological polar surface area (TPSA) is 104 Å². The summed E-state index contributed by atoms with van der Waals surface area (Å²) in [5.41, 5.74) is 0.781. The first-order valence-corrected chi connectivity index (χ1v) is 8.53. The summed E-state index contributed by atoms with van der Waals surface area (Å²) >= 11 is 0. The van der Waals surface area contributed by atoms with Crippen molar-refractivity contribution in [1.82, 2.24) is 9.62 Å². The zero-order valence-corrected chi connectivity index (χ0v) is 12.8. The van der Waals surface area contributed by atoms with Crippen LogP contribution in [-0.2, 0) is 26.0 Å². The second-order valence-electron chi connectivity index (χ2n) is 5.15.